The quantitative estimate of drug-likeness (QED) is 0.809. The van der Waals surface area contributed by atoms with Crippen molar-refractivity contribution in [3.8, 4) is 5.75 Å². The lowest BCUT2D eigenvalue weighted by Crippen LogP contribution is -2.31. The van der Waals surface area contributed by atoms with Gasteiger partial charge in [0.2, 0.25) is 0 Å². The van der Waals surface area contributed by atoms with E-state index in [0.717, 1.165) is 40.4 Å². The van der Waals surface area contributed by atoms with Crippen molar-refractivity contribution in [3.05, 3.63) is 65.4 Å². The maximum atomic E-state index is 13.1. The predicted molar refractivity (Wildman–Crippen MR) is 104 cm³/mol. The van der Waals surface area contributed by atoms with Crippen molar-refractivity contribution in [2.24, 2.45) is 5.41 Å². The monoisotopic (exact) mass is 348 g/mol. The van der Waals surface area contributed by atoms with Gasteiger partial charge in [0.05, 0.1) is 24.5 Å². The van der Waals surface area contributed by atoms with Crippen LogP contribution in [-0.2, 0) is 4.79 Å². The fourth-order valence-corrected chi connectivity index (χ4v) is 3.96. The molecule has 2 aromatic rings. The summed E-state index contributed by atoms with van der Waals surface area (Å²) in [5.41, 5.74) is 4.87. The molecule has 0 amide bonds. The normalized spacial score (nSPS) is 21.0. The van der Waals surface area contributed by atoms with Gasteiger partial charge in [-0.1, -0.05) is 38.1 Å². The van der Waals surface area contributed by atoms with E-state index >= 15 is 0 Å². The molecule has 4 nitrogen and oxygen atoms in total. The Morgan fingerprint density at radius 2 is 1.81 bits per heavy atom. The number of ketones is 1. The predicted octanol–water partition coefficient (Wildman–Crippen LogP) is 4.92. The highest BCUT2D eigenvalue weighted by atomic mass is 16.5. The van der Waals surface area contributed by atoms with Crippen LogP contribution < -0.4 is 15.4 Å². The molecule has 0 unspecified atom stereocenters. The molecular weight excluding hydrogens is 324 g/mol. The molecule has 0 spiro atoms. The molecule has 134 valence electrons. The third-order valence-electron chi connectivity index (χ3n) is 5.15. The fourth-order valence-electron chi connectivity index (χ4n) is 3.96. The van der Waals surface area contributed by atoms with Gasteiger partial charge >= 0.3 is 0 Å². The Morgan fingerprint density at radius 1 is 1.04 bits per heavy atom. The third kappa shape index (κ3) is 2.96. The molecule has 0 saturated carbocycles. The Balaban J connectivity index is 1.88. The molecular formula is C22H24N2O2. The van der Waals surface area contributed by atoms with E-state index in [0.29, 0.717) is 6.42 Å². The number of nitrogens with one attached hydrogen (secondary N) is 2. The van der Waals surface area contributed by atoms with Crippen LogP contribution in [0.5, 0.6) is 5.75 Å². The molecule has 1 heterocycles. The van der Waals surface area contributed by atoms with Crippen molar-refractivity contribution in [2.75, 3.05) is 17.7 Å². The van der Waals surface area contributed by atoms with Crippen LogP contribution >= 0.6 is 0 Å². The molecule has 0 bridgehead atoms. The molecule has 1 aliphatic carbocycles. The summed E-state index contributed by atoms with van der Waals surface area (Å²) in [6.07, 6.45) is 1.41. The van der Waals surface area contributed by atoms with Gasteiger partial charge in [-0.15, -0.1) is 0 Å². The van der Waals surface area contributed by atoms with Gasteiger partial charge in [-0.3, -0.25) is 4.79 Å². The second kappa shape index (κ2) is 6.20. The maximum absolute atomic E-state index is 13.1. The summed E-state index contributed by atoms with van der Waals surface area (Å²) in [6.45, 7) is 4.31. The van der Waals surface area contributed by atoms with E-state index in [9.17, 15) is 4.79 Å². The number of para-hydroxylation sites is 2. The fraction of sp³-hybridized carbons (Fsp3) is 0.318. The van der Waals surface area contributed by atoms with Gasteiger partial charge in [0, 0.05) is 17.7 Å². The van der Waals surface area contributed by atoms with Crippen molar-refractivity contribution in [3.63, 3.8) is 0 Å². The number of hydrogen-bond acceptors (Lipinski definition) is 4. The van der Waals surface area contributed by atoms with Gasteiger partial charge in [0.1, 0.15) is 5.75 Å². The Labute approximate surface area is 154 Å². The molecule has 0 saturated heterocycles. The Bertz CT molecular complexity index is 899. The first-order chi connectivity index (χ1) is 12.5. The lowest BCUT2D eigenvalue weighted by molar-refractivity contribution is -0.118. The summed E-state index contributed by atoms with van der Waals surface area (Å²) in [6, 6.07) is 15.9. The lowest BCUT2D eigenvalue weighted by Gasteiger charge is -2.34. The molecule has 0 aromatic heterocycles. The summed E-state index contributed by atoms with van der Waals surface area (Å²) in [4.78, 5) is 13.1. The van der Waals surface area contributed by atoms with Crippen LogP contribution in [-0.4, -0.2) is 12.9 Å². The summed E-state index contributed by atoms with van der Waals surface area (Å²) >= 11 is 0. The zero-order chi connectivity index (χ0) is 18.3. The van der Waals surface area contributed by atoms with Crippen LogP contribution in [0, 0.1) is 5.41 Å². The van der Waals surface area contributed by atoms with Gasteiger partial charge in [0.15, 0.2) is 5.78 Å². The lowest BCUT2D eigenvalue weighted by atomic mass is 9.73. The van der Waals surface area contributed by atoms with Crippen LogP contribution in [0.2, 0.25) is 0 Å². The summed E-state index contributed by atoms with van der Waals surface area (Å²) in [5, 5.41) is 7.13. The minimum atomic E-state index is -0.195. The zero-order valence-electron chi connectivity index (χ0n) is 15.4. The first-order valence-electron chi connectivity index (χ1n) is 9.00. The van der Waals surface area contributed by atoms with Gasteiger partial charge in [0.25, 0.3) is 0 Å². The second-order valence-corrected chi connectivity index (χ2v) is 7.86. The number of rotatable bonds is 2. The van der Waals surface area contributed by atoms with E-state index < -0.39 is 0 Å². The van der Waals surface area contributed by atoms with Crippen LogP contribution in [0.25, 0.3) is 0 Å². The summed E-state index contributed by atoms with van der Waals surface area (Å²) in [7, 11) is 1.66. The van der Waals surface area contributed by atoms with Gasteiger partial charge in [-0.05, 0) is 41.7 Å². The number of ether oxygens (including phenoxy) is 1. The summed E-state index contributed by atoms with van der Waals surface area (Å²) in [5.74, 6) is 0.998. The van der Waals surface area contributed by atoms with Crippen molar-refractivity contribution in [2.45, 2.75) is 32.7 Å². The van der Waals surface area contributed by atoms with Crippen LogP contribution in [0.15, 0.2) is 59.8 Å². The Kier molecular flexibility index (Phi) is 3.98. The van der Waals surface area contributed by atoms with E-state index in [-0.39, 0.29) is 17.2 Å². The SMILES string of the molecule is COc1cccc([C@H]2Nc3ccccc3NC3=C2C(=O)CC(C)(C)C3)c1. The number of fused-ring (bicyclic) bond motifs is 1. The van der Waals surface area contributed by atoms with E-state index in [1.807, 2.05) is 48.5 Å². The van der Waals surface area contributed by atoms with Crippen LogP contribution in [0.4, 0.5) is 11.4 Å². The van der Waals surface area contributed by atoms with E-state index in [1.54, 1.807) is 7.11 Å². The highest BCUT2D eigenvalue weighted by Crippen LogP contribution is 2.45. The molecule has 2 aromatic carbocycles. The molecule has 1 aliphatic heterocycles. The smallest absolute Gasteiger partial charge is 0.163 e. The molecule has 26 heavy (non-hydrogen) atoms. The number of benzene rings is 2. The number of hydrogen-bond donors (Lipinski definition) is 2. The Morgan fingerprint density at radius 3 is 2.58 bits per heavy atom. The number of allylic oxidation sites excluding steroid dienone is 1. The number of methoxy groups -OCH3 is 1. The standard InChI is InChI=1S/C22H24N2O2/c1-22(2)12-18-20(19(25)13-22)21(14-7-6-8-15(11-14)26-3)24-17-10-5-4-9-16(17)23-18/h4-11,21,23-24H,12-13H2,1-3H3/t21-/m1/s1. The van der Waals surface area contributed by atoms with Crippen molar-refractivity contribution >= 4 is 17.2 Å². The third-order valence-corrected chi connectivity index (χ3v) is 5.15. The highest BCUT2D eigenvalue weighted by Gasteiger charge is 2.38. The first-order valence-corrected chi connectivity index (χ1v) is 9.00. The minimum Gasteiger partial charge on any atom is -0.497 e. The van der Waals surface area contributed by atoms with E-state index in [4.69, 9.17) is 4.74 Å². The molecule has 0 radical (unpaired) electrons. The van der Waals surface area contributed by atoms with E-state index in [2.05, 4.69) is 24.5 Å². The average Bonchev–Trinajstić information content (AvgIpc) is 2.77. The topological polar surface area (TPSA) is 50.4 Å². The molecule has 4 heteroatoms. The summed E-state index contributed by atoms with van der Waals surface area (Å²) < 4.78 is 5.40. The number of carbonyl (C=O) groups is 1. The second-order valence-electron chi connectivity index (χ2n) is 7.86. The largest absolute Gasteiger partial charge is 0.497 e. The zero-order valence-corrected chi connectivity index (χ0v) is 15.4. The van der Waals surface area contributed by atoms with E-state index in [1.165, 1.54) is 0 Å². The first kappa shape index (κ1) is 16.7. The minimum absolute atomic E-state index is 0.0405. The molecule has 0 fully saturated rings. The van der Waals surface area contributed by atoms with Gasteiger partial charge < -0.3 is 15.4 Å². The average molecular weight is 348 g/mol. The highest BCUT2D eigenvalue weighted by molar-refractivity contribution is 6.01. The van der Waals surface area contributed by atoms with Crippen molar-refractivity contribution in [1.82, 2.24) is 0 Å². The number of anilines is 2. The number of carbonyl (C=O) groups excluding carboxylic acids is 1. The molecule has 2 aliphatic rings. The molecule has 2 N–H and O–H groups in total. The van der Waals surface area contributed by atoms with Crippen LogP contribution in [0.1, 0.15) is 38.3 Å². The number of Topliss-reactive ketones (excluding diaryl/α,β-unsaturated/α-hetero) is 1. The van der Waals surface area contributed by atoms with Crippen molar-refractivity contribution in [1.29, 1.82) is 0 Å². The maximum Gasteiger partial charge on any atom is 0.163 e. The van der Waals surface area contributed by atoms with Crippen LogP contribution in [0.3, 0.4) is 0 Å². The molecule has 1 atom stereocenters. The molecule has 4 rings (SSSR count). The van der Waals surface area contributed by atoms with Gasteiger partial charge in [-0.25, -0.2) is 0 Å². The van der Waals surface area contributed by atoms with Crippen molar-refractivity contribution < 1.29 is 9.53 Å². The van der Waals surface area contributed by atoms with Gasteiger partial charge in [-0.2, -0.15) is 0 Å². The Hall–Kier alpha value is -2.75.